The molecule has 4 rings (SSSR count). The Bertz CT molecular complexity index is 805. The average Bonchev–Trinajstić information content (AvgIpc) is 3.25. The lowest BCUT2D eigenvalue weighted by molar-refractivity contribution is 0.173. The quantitative estimate of drug-likeness (QED) is 0.785. The molecule has 0 aromatic heterocycles. The minimum absolute atomic E-state index is 0.0615. The van der Waals surface area contributed by atoms with Gasteiger partial charge in [-0.2, -0.15) is 0 Å². The number of carbonyl (C=O) groups excluding carboxylic acids is 1. The molecule has 1 atom stereocenters. The molecule has 27 heavy (non-hydrogen) atoms. The van der Waals surface area contributed by atoms with E-state index in [1.165, 1.54) is 0 Å². The Hall–Kier alpha value is -2.00. The summed E-state index contributed by atoms with van der Waals surface area (Å²) in [5.41, 5.74) is 0.964. The van der Waals surface area contributed by atoms with E-state index < -0.39 is 9.84 Å². The highest BCUT2D eigenvalue weighted by Gasteiger charge is 2.31. The molecule has 2 amide bonds. The summed E-state index contributed by atoms with van der Waals surface area (Å²) in [7, 11) is -2.86. The molecule has 3 aliphatic rings. The fourth-order valence-corrected chi connectivity index (χ4v) is 5.54. The van der Waals surface area contributed by atoms with Crippen molar-refractivity contribution >= 4 is 15.9 Å². The Morgan fingerprint density at radius 2 is 1.89 bits per heavy atom. The number of ether oxygens (including phenoxy) is 2. The number of likely N-dealkylation sites (tertiary alicyclic amines) is 1. The van der Waals surface area contributed by atoms with E-state index >= 15 is 0 Å². The van der Waals surface area contributed by atoms with Gasteiger partial charge < -0.3 is 25.0 Å². The zero-order chi connectivity index (χ0) is 18.9. The van der Waals surface area contributed by atoms with Gasteiger partial charge in [0.2, 0.25) is 6.79 Å². The van der Waals surface area contributed by atoms with Gasteiger partial charge in [-0.1, -0.05) is 6.07 Å². The van der Waals surface area contributed by atoms with Crippen molar-refractivity contribution in [2.75, 3.05) is 31.4 Å². The molecular weight excluding hydrogens is 370 g/mol. The lowest BCUT2D eigenvalue weighted by Crippen LogP contribution is -2.50. The van der Waals surface area contributed by atoms with Gasteiger partial charge in [0, 0.05) is 31.7 Å². The highest BCUT2D eigenvalue weighted by atomic mass is 32.2. The second kappa shape index (κ2) is 7.55. The van der Waals surface area contributed by atoms with Crippen LogP contribution in [0, 0.1) is 0 Å². The minimum Gasteiger partial charge on any atom is -0.454 e. The van der Waals surface area contributed by atoms with E-state index in [9.17, 15) is 13.2 Å². The third-order valence-electron chi connectivity index (χ3n) is 5.37. The molecule has 2 N–H and O–H groups in total. The molecule has 0 radical (unpaired) electrons. The van der Waals surface area contributed by atoms with E-state index in [0.29, 0.717) is 31.8 Å². The first kappa shape index (κ1) is 18.4. The van der Waals surface area contributed by atoms with Crippen LogP contribution in [0.3, 0.4) is 0 Å². The highest BCUT2D eigenvalue weighted by Crippen LogP contribution is 2.32. The molecule has 0 bridgehead atoms. The maximum absolute atomic E-state index is 12.4. The van der Waals surface area contributed by atoms with E-state index in [-0.39, 0.29) is 36.4 Å². The van der Waals surface area contributed by atoms with Crippen LogP contribution in [0.4, 0.5) is 4.79 Å². The van der Waals surface area contributed by atoms with Crippen molar-refractivity contribution in [2.45, 2.75) is 37.9 Å². The monoisotopic (exact) mass is 395 g/mol. The molecule has 2 saturated heterocycles. The zero-order valence-electron chi connectivity index (χ0n) is 15.1. The van der Waals surface area contributed by atoms with Crippen molar-refractivity contribution in [3.8, 4) is 11.5 Å². The second-order valence-corrected chi connectivity index (χ2v) is 9.60. The summed E-state index contributed by atoms with van der Waals surface area (Å²) in [5.74, 6) is 1.96. The normalized spacial score (nSPS) is 24.1. The lowest BCUT2D eigenvalue weighted by Gasteiger charge is -2.33. The molecule has 148 valence electrons. The number of nitrogens with zero attached hydrogens (tertiary/aromatic N) is 1. The Morgan fingerprint density at radius 3 is 2.63 bits per heavy atom. The van der Waals surface area contributed by atoms with Gasteiger partial charge in [0.05, 0.1) is 11.5 Å². The molecule has 1 unspecified atom stereocenters. The number of rotatable bonds is 4. The van der Waals surface area contributed by atoms with Gasteiger partial charge >= 0.3 is 6.03 Å². The van der Waals surface area contributed by atoms with Gasteiger partial charge in [0.25, 0.3) is 0 Å². The smallest absolute Gasteiger partial charge is 0.317 e. The standard InChI is InChI=1S/C18H25N3O5S/c22-18(19-10-13-1-2-16-17(9-13)26-12-25-16)21-6-3-14(4-7-21)20-15-5-8-27(23,24)11-15/h1-2,9,14-15,20H,3-8,10-12H2,(H,19,22). The van der Waals surface area contributed by atoms with Gasteiger partial charge in [-0.25, -0.2) is 13.2 Å². The fourth-order valence-electron chi connectivity index (χ4n) is 3.85. The summed E-state index contributed by atoms with van der Waals surface area (Å²) >= 11 is 0. The number of carbonyl (C=O) groups is 1. The van der Waals surface area contributed by atoms with Crippen LogP contribution in [0.15, 0.2) is 18.2 Å². The highest BCUT2D eigenvalue weighted by molar-refractivity contribution is 7.91. The summed E-state index contributed by atoms with van der Waals surface area (Å²) in [6.07, 6.45) is 2.38. The van der Waals surface area contributed by atoms with Crippen molar-refractivity contribution in [3.63, 3.8) is 0 Å². The zero-order valence-corrected chi connectivity index (χ0v) is 16.0. The van der Waals surface area contributed by atoms with Crippen molar-refractivity contribution in [1.29, 1.82) is 0 Å². The SMILES string of the molecule is O=C(NCc1ccc2c(c1)OCO2)N1CCC(NC2CCS(=O)(=O)C2)CC1. The molecule has 3 aliphatic heterocycles. The molecule has 3 heterocycles. The molecular formula is C18H25N3O5S. The summed E-state index contributed by atoms with van der Waals surface area (Å²) in [4.78, 5) is 14.2. The summed E-state index contributed by atoms with van der Waals surface area (Å²) in [6.45, 7) is 2.02. The number of sulfone groups is 1. The Labute approximate surface area is 159 Å². The first-order valence-corrected chi connectivity index (χ1v) is 11.2. The lowest BCUT2D eigenvalue weighted by atomic mass is 10.0. The third-order valence-corrected chi connectivity index (χ3v) is 7.13. The number of hydrogen-bond donors (Lipinski definition) is 2. The number of fused-ring (bicyclic) bond motifs is 1. The van der Waals surface area contributed by atoms with Crippen molar-refractivity contribution in [3.05, 3.63) is 23.8 Å². The van der Waals surface area contributed by atoms with Crippen LogP contribution in [-0.2, 0) is 16.4 Å². The Balaban J connectivity index is 1.21. The second-order valence-electron chi connectivity index (χ2n) is 7.37. The number of urea groups is 1. The van der Waals surface area contributed by atoms with E-state index in [4.69, 9.17) is 9.47 Å². The first-order valence-electron chi connectivity index (χ1n) is 9.36. The number of piperidine rings is 1. The Morgan fingerprint density at radius 1 is 1.11 bits per heavy atom. The number of amides is 2. The first-order chi connectivity index (χ1) is 13.0. The van der Waals surface area contributed by atoms with E-state index in [0.717, 1.165) is 24.2 Å². The number of hydrogen-bond acceptors (Lipinski definition) is 6. The largest absolute Gasteiger partial charge is 0.454 e. The Kier molecular flexibility index (Phi) is 5.14. The average molecular weight is 395 g/mol. The predicted molar refractivity (Wildman–Crippen MR) is 99.6 cm³/mol. The molecule has 0 aliphatic carbocycles. The number of benzene rings is 1. The molecule has 1 aromatic rings. The van der Waals surface area contributed by atoms with E-state index in [1.807, 2.05) is 23.1 Å². The molecule has 8 nitrogen and oxygen atoms in total. The summed E-state index contributed by atoms with van der Waals surface area (Å²) in [6, 6.07) is 5.92. The number of nitrogens with one attached hydrogen (secondary N) is 2. The maximum Gasteiger partial charge on any atom is 0.317 e. The van der Waals surface area contributed by atoms with Crippen LogP contribution in [0.2, 0.25) is 0 Å². The van der Waals surface area contributed by atoms with E-state index in [2.05, 4.69) is 10.6 Å². The minimum atomic E-state index is -2.86. The molecule has 1 aromatic carbocycles. The van der Waals surface area contributed by atoms with Crippen molar-refractivity contribution < 1.29 is 22.7 Å². The molecule has 9 heteroatoms. The van der Waals surface area contributed by atoms with Gasteiger partial charge in [-0.3, -0.25) is 0 Å². The molecule has 0 saturated carbocycles. The molecule has 0 spiro atoms. The van der Waals surface area contributed by atoms with Crippen LogP contribution in [-0.4, -0.2) is 62.8 Å². The van der Waals surface area contributed by atoms with Crippen LogP contribution in [0.1, 0.15) is 24.8 Å². The third kappa shape index (κ3) is 4.47. The predicted octanol–water partition coefficient (Wildman–Crippen LogP) is 0.866. The fraction of sp³-hybridized carbons (Fsp3) is 0.611. The van der Waals surface area contributed by atoms with Crippen LogP contribution in [0.5, 0.6) is 11.5 Å². The maximum atomic E-state index is 12.4. The van der Waals surface area contributed by atoms with Gasteiger partial charge in [-0.15, -0.1) is 0 Å². The summed E-state index contributed by atoms with van der Waals surface area (Å²) in [5, 5.41) is 6.40. The van der Waals surface area contributed by atoms with Gasteiger partial charge in [0.1, 0.15) is 0 Å². The van der Waals surface area contributed by atoms with Crippen LogP contribution < -0.4 is 20.1 Å². The van der Waals surface area contributed by atoms with Crippen LogP contribution in [0.25, 0.3) is 0 Å². The van der Waals surface area contributed by atoms with Crippen LogP contribution >= 0.6 is 0 Å². The van der Waals surface area contributed by atoms with Crippen molar-refractivity contribution in [2.24, 2.45) is 0 Å². The topological polar surface area (TPSA) is 97.0 Å². The molecule has 2 fully saturated rings. The van der Waals surface area contributed by atoms with Gasteiger partial charge in [-0.05, 0) is 37.0 Å². The summed E-state index contributed by atoms with van der Waals surface area (Å²) < 4.78 is 33.8. The van der Waals surface area contributed by atoms with Crippen molar-refractivity contribution in [1.82, 2.24) is 15.5 Å². The van der Waals surface area contributed by atoms with Gasteiger partial charge in [0.15, 0.2) is 21.3 Å². The van der Waals surface area contributed by atoms with E-state index in [1.54, 1.807) is 0 Å².